The van der Waals surface area contributed by atoms with Crippen LogP contribution in [0.5, 0.6) is 5.75 Å². The van der Waals surface area contributed by atoms with E-state index in [1.807, 2.05) is 23.1 Å². The lowest BCUT2D eigenvalue weighted by Crippen LogP contribution is -2.54. The van der Waals surface area contributed by atoms with Crippen LogP contribution in [0.1, 0.15) is 28.8 Å². The van der Waals surface area contributed by atoms with Crippen LogP contribution in [-0.2, 0) is 6.54 Å². The van der Waals surface area contributed by atoms with Crippen LogP contribution >= 0.6 is 0 Å². The predicted octanol–water partition coefficient (Wildman–Crippen LogP) is 4.25. The van der Waals surface area contributed by atoms with E-state index in [2.05, 4.69) is 40.2 Å². The first kappa shape index (κ1) is 19.8. The number of rotatable bonds is 5. The van der Waals surface area contributed by atoms with Gasteiger partial charge in [-0.1, -0.05) is 42.5 Å². The fourth-order valence-corrected chi connectivity index (χ4v) is 4.97. The molecule has 2 bridgehead atoms. The summed E-state index contributed by atoms with van der Waals surface area (Å²) in [4.78, 5) is 21.5. The van der Waals surface area contributed by atoms with Crippen LogP contribution in [0.2, 0.25) is 0 Å². The van der Waals surface area contributed by atoms with Gasteiger partial charge in [-0.2, -0.15) is 0 Å². The number of aromatic nitrogens is 1. The molecule has 2 unspecified atom stereocenters. The number of fused-ring (bicyclic) bond motifs is 2. The van der Waals surface area contributed by atoms with Crippen LogP contribution in [0.25, 0.3) is 11.1 Å². The zero-order valence-corrected chi connectivity index (χ0v) is 17.8. The Labute approximate surface area is 183 Å². The highest BCUT2D eigenvalue weighted by Crippen LogP contribution is 2.33. The van der Waals surface area contributed by atoms with Gasteiger partial charge in [0, 0.05) is 55.2 Å². The van der Waals surface area contributed by atoms with E-state index < -0.39 is 0 Å². The molecule has 3 heterocycles. The number of piperazine rings is 1. The maximum absolute atomic E-state index is 12.9. The smallest absolute Gasteiger partial charge is 0.254 e. The average molecular weight is 414 g/mol. The van der Waals surface area contributed by atoms with Gasteiger partial charge in [0.15, 0.2) is 0 Å². The van der Waals surface area contributed by atoms with Gasteiger partial charge in [0.2, 0.25) is 0 Å². The molecule has 0 aliphatic carbocycles. The summed E-state index contributed by atoms with van der Waals surface area (Å²) in [5, 5.41) is 0. The molecule has 2 fully saturated rings. The summed E-state index contributed by atoms with van der Waals surface area (Å²) >= 11 is 0. The highest BCUT2D eigenvalue weighted by Gasteiger charge is 2.41. The largest absolute Gasteiger partial charge is 0.496 e. The Kier molecular flexibility index (Phi) is 5.43. The molecule has 5 rings (SSSR count). The molecular weight excluding hydrogens is 386 g/mol. The van der Waals surface area contributed by atoms with Crippen molar-refractivity contribution in [3.8, 4) is 16.9 Å². The minimum absolute atomic E-state index is 0.125. The summed E-state index contributed by atoms with van der Waals surface area (Å²) in [7, 11) is 1.71. The summed E-state index contributed by atoms with van der Waals surface area (Å²) in [6.07, 6.45) is 5.69. The second-order valence-corrected chi connectivity index (χ2v) is 8.40. The summed E-state index contributed by atoms with van der Waals surface area (Å²) in [5.41, 5.74) is 4.32. The fourth-order valence-electron chi connectivity index (χ4n) is 4.97. The van der Waals surface area contributed by atoms with E-state index in [9.17, 15) is 4.79 Å². The van der Waals surface area contributed by atoms with Gasteiger partial charge in [0.05, 0.1) is 7.11 Å². The van der Waals surface area contributed by atoms with Gasteiger partial charge in [-0.25, -0.2) is 0 Å². The Morgan fingerprint density at radius 1 is 0.968 bits per heavy atom. The van der Waals surface area contributed by atoms with Gasteiger partial charge in [0.1, 0.15) is 5.75 Å². The van der Waals surface area contributed by atoms with Gasteiger partial charge in [-0.3, -0.25) is 14.7 Å². The zero-order chi connectivity index (χ0) is 21.2. The Balaban J connectivity index is 1.27. The molecule has 3 aromatic rings. The predicted molar refractivity (Wildman–Crippen MR) is 121 cm³/mol. The highest BCUT2D eigenvalue weighted by molar-refractivity contribution is 5.94. The molecule has 2 saturated heterocycles. The maximum atomic E-state index is 12.9. The van der Waals surface area contributed by atoms with Crippen LogP contribution in [-0.4, -0.2) is 53.0 Å². The number of hydrogen-bond donors (Lipinski definition) is 0. The number of carbonyl (C=O) groups is 1. The number of methoxy groups -OCH3 is 1. The van der Waals surface area contributed by atoms with Crippen LogP contribution < -0.4 is 4.74 Å². The molecular formula is C26H27N3O2. The number of para-hydroxylation sites is 1. The van der Waals surface area contributed by atoms with Crippen molar-refractivity contribution in [3.63, 3.8) is 0 Å². The standard InChI is InChI=1S/C26H27N3O2/c1-31-25-5-3-2-4-24(25)20-8-6-19(7-9-20)16-29-22-10-11-23(29)18-28(17-22)26(30)21-12-14-27-15-13-21/h2-9,12-15,22-23H,10-11,16-18H2,1H3. The van der Waals surface area contributed by atoms with Crippen molar-refractivity contribution in [2.75, 3.05) is 20.2 Å². The highest BCUT2D eigenvalue weighted by atomic mass is 16.5. The molecule has 2 atom stereocenters. The first-order valence-corrected chi connectivity index (χ1v) is 10.9. The first-order valence-electron chi connectivity index (χ1n) is 10.9. The van der Waals surface area contributed by atoms with E-state index in [-0.39, 0.29) is 5.91 Å². The third kappa shape index (κ3) is 3.93. The molecule has 0 radical (unpaired) electrons. The number of hydrogen-bond acceptors (Lipinski definition) is 4. The molecule has 2 aliphatic heterocycles. The third-order valence-electron chi connectivity index (χ3n) is 6.58. The molecule has 31 heavy (non-hydrogen) atoms. The second-order valence-electron chi connectivity index (χ2n) is 8.40. The van der Waals surface area contributed by atoms with Crippen molar-refractivity contribution in [2.45, 2.75) is 31.5 Å². The van der Waals surface area contributed by atoms with Gasteiger partial charge < -0.3 is 9.64 Å². The van der Waals surface area contributed by atoms with Crippen LogP contribution in [0, 0.1) is 0 Å². The lowest BCUT2D eigenvalue weighted by molar-refractivity contribution is 0.0423. The van der Waals surface area contributed by atoms with Crippen LogP contribution in [0.3, 0.4) is 0 Å². The van der Waals surface area contributed by atoms with Gasteiger partial charge in [-0.15, -0.1) is 0 Å². The van der Waals surface area contributed by atoms with E-state index in [0.717, 1.165) is 54.9 Å². The lowest BCUT2D eigenvalue weighted by atomic mass is 10.0. The first-order chi connectivity index (χ1) is 15.2. The van der Waals surface area contributed by atoms with E-state index in [4.69, 9.17) is 4.74 Å². The molecule has 0 spiro atoms. The second kappa shape index (κ2) is 8.52. The zero-order valence-electron chi connectivity index (χ0n) is 17.8. The summed E-state index contributed by atoms with van der Waals surface area (Å²) in [6.45, 7) is 2.53. The van der Waals surface area contributed by atoms with E-state index in [1.165, 1.54) is 5.56 Å². The van der Waals surface area contributed by atoms with Crippen LogP contribution in [0.4, 0.5) is 0 Å². The number of carbonyl (C=O) groups excluding carboxylic acids is 1. The number of benzene rings is 2. The molecule has 2 aliphatic rings. The third-order valence-corrected chi connectivity index (χ3v) is 6.58. The number of ether oxygens (including phenoxy) is 1. The van der Waals surface area contributed by atoms with E-state index >= 15 is 0 Å². The van der Waals surface area contributed by atoms with E-state index in [1.54, 1.807) is 31.6 Å². The summed E-state index contributed by atoms with van der Waals surface area (Å²) in [5.74, 6) is 1.02. The Morgan fingerprint density at radius 2 is 1.65 bits per heavy atom. The summed E-state index contributed by atoms with van der Waals surface area (Å²) < 4.78 is 5.51. The van der Waals surface area contributed by atoms with Gasteiger partial charge >= 0.3 is 0 Å². The Morgan fingerprint density at radius 3 is 2.32 bits per heavy atom. The molecule has 1 amide bonds. The van der Waals surface area contributed by atoms with Crippen molar-refractivity contribution in [1.29, 1.82) is 0 Å². The molecule has 0 saturated carbocycles. The van der Waals surface area contributed by atoms with E-state index in [0.29, 0.717) is 12.1 Å². The van der Waals surface area contributed by atoms with Gasteiger partial charge in [0.25, 0.3) is 5.91 Å². The molecule has 0 N–H and O–H groups in total. The summed E-state index contributed by atoms with van der Waals surface area (Å²) in [6, 6.07) is 21.4. The molecule has 158 valence electrons. The Bertz CT molecular complexity index is 1040. The molecule has 1 aromatic heterocycles. The minimum Gasteiger partial charge on any atom is -0.496 e. The average Bonchev–Trinajstić information content (AvgIpc) is 3.05. The number of amides is 1. The SMILES string of the molecule is COc1ccccc1-c1ccc(CN2C3CCC2CN(C(=O)c2ccncc2)C3)cc1. The van der Waals surface area contributed by atoms with Gasteiger partial charge in [-0.05, 0) is 42.2 Å². The van der Waals surface area contributed by atoms with Crippen molar-refractivity contribution in [1.82, 2.24) is 14.8 Å². The van der Waals surface area contributed by atoms with Crippen molar-refractivity contribution >= 4 is 5.91 Å². The number of pyridine rings is 1. The Hall–Kier alpha value is -3.18. The molecule has 2 aromatic carbocycles. The number of likely N-dealkylation sites (tertiary alicyclic amines) is 1. The topological polar surface area (TPSA) is 45.7 Å². The van der Waals surface area contributed by atoms with Crippen molar-refractivity contribution in [2.24, 2.45) is 0 Å². The van der Waals surface area contributed by atoms with Crippen molar-refractivity contribution < 1.29 is 9.53 Å². The van der Waals surface area contributed by atoms with Crippen molar-refractivity contribution in [3.05, 3.63) is 84.2 Å². The van der Waals surface area contributed by atoms with Crippen LogP contribution in [0.15, 0.2) is 73.1 Å². The molecule has 5 nitrogen and oxygen atoms in total. The normalized spacial score (nSPS) is 20.6. The molecule has 5 heteroatoms. The monoisotopic (exact) mass is 413 g/mol. The quantitative estimate of drug-likeness (QED) is 0.627. The fraction of sp³-hybridized carbons (Fsp3) is 0.308. The maximum Gasteiger partial charge on any atom is 0.254 e. The number of nitrogens with zero attached hydrogens (tertiary/aromatic N) is 3. The lowest BCUT2D eigenvalue weighted by Gasteiger charge is -2.41. The minimum atomic E-state index is 0.125.